The van der Waals surface area contributed by atoms with E-state index in [-0.39, 0.29) is 22.3 Å². The van der Waals surface area contributed by atoms with Gasteiger partial charge in [-0.3, -0.25) is 24.8 Å². The highest BCUT2D eigenvalue weighted by atomic mass is 32.1. The number of amidine groups is 1. The number of fused-ring (bicyclic) bond motifs is 1. The first-order valence-electron chi connectivity index (χ1n) is 9.18. The topological polar surface area (TPSA) is 121 Å². The van der Waals surface area contributed by atoms with Gasteiger partial charge in [0.05, 0.1) is 22.0 Å². The lowest BCUT2D eigenvalue weighted by Gasteiger charge is -2.22. The number of nitrogens with one attached hydrogen (secondary N) is 1. The fourth-order valence-corrected chi connectivity index (χ4v) is 4.63. The van der Waals surface area contributed by atoms with Gasteiger partial charge in [-0.1, -0.05) is 13.8 Å². The van der Waals surface area contributed by atoms with Gasteiger partial charge >= 0.3 is 11.9 Å². The number of carbonyl (C=O) groups is 1. The predicted molar refractivity (Wildman–Crippen MR) is 108 cm³/mol. The maximum Gasteiger partial charge on any atom is 0.431 e. The molecular weight excluding hydrogens is 451 g/mol. The zero-order valence-corrected chi connectivity index (χ0v) is 17.7. The lowest BCUT2D eigenvalue weighted by atomic mass is 9.78. The Labute approximate surface area is 181 Å². The maximum absolute atomic E-state index is 13.1. The molecule has 0 saturated carbocycles. The highest BCUT2D eigenvalue weighted by Gasteiger charge is 2.53. The second-order valence-electron chi connectivity index (χ2n) is 7.94. The van der Waals surface area contributed by atoms with Crippen LogP contribution in [0.2, 0.25) is 0 Å². The molecule has 3 aromatic rings. The van der Waals surface area contributed by atoms with Crippen LogP contribution in [-0.2, 0) is 18.0 Å². The number of benzene rings is 1. The van der Waals surface area contributed by atoms with Crippen molar-refractivity contribution in [2.24, 2.45) is 12.5 Å². The summed E-state index contributed by atoms with van der Waals surface area (Å²) in [6, 6.07) is 4.65. The van der Waals surface area contributed by atoms with Crippen LogP contribution in [0.1, 0.15) is 31.2 Å². The van der Waals surface area contributed by atoms with E-state index in [1.54, 1.807) is 13.8 Å². The molecule has 0 radical (unpaired) electrons. The molecule has 0 spiro atoms. The van der Waals surface area contributed by atoms with Crippen LogP contribution in [0.4, 0.5) is 13.2 Å². The molecule has 1 fully saturated rings. The number of hydrogen-bond donors (Lipinski definition) is 2. The van der Waals surface area contributed by atoms with Gasteiger partial charge in [0.2, 0.25) is 0 Å². The largest absolute Gasteiger partial charge is 0.431 e. The molecule has 1 aromatic carbocycles. The van der Waals surface area contributed by atoms with E-state index in [0.29, 0.717) is 25.3 Å². The van der Waals surface area contributed by atoms with Crippen molar-refractivity contribution >= 4 is 33.4 Å². The fraction of sp³-hybridized carbons (Fsp3) is 0.316. The summed E-state index contributed by atoms with van der Waals surface area (Å²) in [6.07, 6.45) is -4.88. The number of hydroxylamine groups is 2. The number of rotatable bonds is 2. The third-order valence-corrected chi connectivity index (χ3v) is 6.46. The summed E-state index contributed by atoms with van der Waals surface area (Å²) in [5, 5.41) is 18.6. The molecule has 1 atom stereocenters. The van der Waals surface area contributed by atoms with Gasteiger partial charge in [0.25, 0.3) is 11.5 Å². The Balaban J connectivity index is 1.93. The fourth-order valence-electron chi connectivity index (χ4n) is 3.84. The summed E-state index contributed by atoms with van der Waals surface area (Å²) >= 11 is 1.03. The van der Waals surface area contributed by atoms with E-state index in [9.17, 15) is 32.8 Å². The molecule has 3 heterocycles. The first-order valence-corrected chi connectivity index (χ1v) is 9.96. The number of halogens is 3. The van der Waals surface area contributed by atoms with Gasteiger partial charge in [0, 0.05) is 23.9 Å². The molecule has 2 N–H and O–H groups in total. The minimum Gasteiger partial charge on any atom is -0.292 e. The van der Waals surface area contributed by atoms with Crippen molar-refractivity contribution in [1.82, 2.24) is 18.6 Å². The third-order valence-electron chi connectivity index (χ3n) is 5.62. The van der Waals surface area contributed by atoms with E-state index in [1.807, 2.05) is 0 Å². The van der Waals surface area contributed by atoms with Crippen molar-refractivity contribution in [2.45, 2.75) is 25.9 Å². The van der Waals surface area contributed by atoms with Gasteiger partial charge in [-0.05, 0) is 29.7 Å². The number of nitrogens with zero attached hydrogens (tertiary/aromatic N) is 4. The van der Waals surface area contributed by atoms with Crippen LogP contribution >= 0.6 is 11.5 Å². The zero-order valence-electron chi connectivity index (χ0n) is 16.9. The van der Waals surface area contributed by atoms with Crippen LogP contribution < -0.4 is 11.2 Å². The van der Waals surface area contributed by atoms with E-state index >= 15 is 0 Å². The normalized spacial score (nSPS) is 18.7. The third kappa shape index (κ3) is 2.99. The zero-order chi connectivity index (χ0) is 23.7. The first-order chi connectivity index (χ1) is 14.8. The maximum atomic E-state index is 13.1. The SMILES string of the molecule is Cn1c(C(F)(F)F)cc(=O)n(-c2ccc3snc(C4C(=O)N(O)C(=N)C4(C)C)c3c2)c1=O. The summed E-state index contributed by atoms with van der Waals surface area (Å²) in [6.45, 7) is 3.19. The number of aromatic nitrogens is 3. The van der Waals surface area contributed by atoms with E-state index in [1.165, 1.54) is 18.2 Å². The molecule has 1 unspecified atom stereocenters. The standard InChI is InChI=1S/C19H16F3N5O4S/c1-18(2)13(15(29)27(31)16(18)23)14-9-6-8(4-5-10(9)32-24-14)26-12(28)7-11(19(20,21)22)25(3)17(26)30/h4-7,13,23,31H,1-3H3. The molecule has 1 amide bonds. The number of alkyl halides is 3. The van der Waals surface area contributed by atoms with Crippen molar-refractivity contribution < 1.29 is 23.2 Å². The summed E-state index contributed by atoms with van der Waals surface area (Å²) in [5.41, 5.74) is -4.58. The first kappa shape index (κ1) is 21.9. The molecule has 2 aromatic heterocycles. The number of hydrogen-bond acceptors (Lipinski definition) is 7. The molecule has 168 valence electrons. The molecular formula is C19H16F3N5O4S. The van der Waals surface area contributed by atoms with Crippen LogP contribution in [0.3, 0.4) is 0 Å². The Kier molecular flexibility index (Phi) is 4.68. The molecule has 1 saturated heterocycles. The second kappa shape index (κ2) is 6.84. The molecule has 9 nitrogen and oxygen atoms in total. The Hall–Kier alpha value is -3.32. The Morgan fingerprint density at radius 3 is 2.41 bits per heavy atom. The van der Waals surface area contributed by atoms with E-state index in [2.05, 4.69) is 4.37 Å². The van der Waals surface area contributed by atoms with Gasteiger partial charge in [0.15, 0.2) is 0 Å². The summed E-state index contributed by atoms with van der Waals surface area (Å²) < 4.78 is 45.2. The van der Waals surface area contributed by atoms with Gasteiger partial charge in [0.1, 0.15) is 11.5 Å². The van der Waals surface area contributed by atoms with Crippen LogP contribution in [0, 0.1) is 10.8 Å². The second-order valence-corrected chi connectivity index (χ2v) is 8.75. The quantitative estimate of drug-likeness (QED) is 0.561. The summed E-state index contributed by atoms with van der Waals surface area (Å²) in [7, 11) is 0.915. The molecule has 0 bridgehead atoms. The average Bonchev–Trinajstić information content (AvgIpc) is 3.17. The van der Waals surface area contributed by atoms with E-state index in [0.717, 1.165) is 18.6 Å². The van der Waals surface area contributed by atoms with E-state index in [4.69, 9.17) is 5.41 Å². The van der Waals surface area contributed by atoms with Gasteiger partial charge < -0.3 is 0 Å². The van der Waals surface area contributed by atoms with Crippen molar-refractivity contribution in [3.8, 4) is 5.69 Å². The summed E-state index contributed by atoms with van der Waals surface area (Å²) in [5.74, 6) is -2.06. The Morgan fingerprint density at radius 2 is 1.84 bits per heavy atom. The molecule has 4 rings (SSSR count). The minimum absolute atomic E-state index is 0.00235. The molecule has 1 aliphatic rings. The Morgan fingerprint density at radius 1 is 1.19 bits per heavy atom. The lowest BCUT2D eigenvalue weighted by Crippen LogP contribution is -2.40. The number of amides is 1. The Bertz CT molecular complexity index is 1420. The summed E-state index contributed by atoms with van der Waals surface area (Å²) in [4.78, 5) is 37.6. The predicted octanol–water partition coefficient (Wildman–Crippen LogP) is 2.48. The van der Waals surface area contributed by atoms with Crippen LogP contribution in [-0.4, -0.2) is 35.5 Å². The van der Waals surface area contributed by atoms with Crippen molar-refractivity contribution in [3.05, 3.63) is 56.5 Å². The monoisotopic (exact) mass is 467 g/mol. The van der Waals surface area contributed by atoms with Gasteiger partial charge in [-0.15, -0.1) is 0 Å². The van der Waals surface area contributed by atoms with Crippen LogP contribution in [0.15, 0.2) is 33.9 Å². The van der Waals surface area contributed by atoms with Crippen molar-refractivity contribution in [2.75, 3.05) is 0 Å². The molecule has 32 heavy (non-hydrogen) atoms. The number of carbonyl (C=O) groups excluding carboxylic acids is 1. The average molecular weight is 467 g/mol. The molecule has 0 aliphatic carbocycles. The van der Waals surface area contributed by atoms with Crippen LogP contribution in [0.5, 0.6) is 0 Å². The van der Waals surface area contributed by atoms with Crippen molar-refractivity contribution in [1.29, 1.82) is 5.41 Å². The smallest absolute Gasteiger partial charge is 0.292 e. The van der Waals surface area contributed by atoms with Crippen LogP contribution in [0.25, 0.3) is 15.8 Å². The lowest BCUT2D eigenvalue weighted by molar-refractivity contribution is -0.147. The van der Waals surface area contributed by atoms with E-state index < -0.39 is 40.4 Å². The minimum atomic E-state index is -4.88. The highest BCUT2D eigenvalue weighted by Crippen LogP contribution is 2.46. The van der Waals surface area contributed by atoms with Gasteiger partial charge in [-0.25, -0.2) is 9.36 Å². The highest BCUT2D eigenvalue weighted by molar-refractivity contribution is 7.13. The van der Waals surface area contributed by atoms with Gasteiger partial charge in [-0.2, -0.15) is 22.6 Å². The molecule has 1 aliphatic heterocycles. The molecule has 13 heteroatoms. The van der Waals surface area contributed by atoms with Crippen molar-refractivity contribution in [3.63, 3.8) is 0 Å².